The molecule has 18 heavy (non-hydrogen) atoms. The van der Waals surface area contributed by atoms with Gasteiger partial charge in [0.1, 0.15) is 0 Å². The van der Waals surface area contributed by atoms with Crippen LogP contribution in [0.1, 0.15) is 55.4 Å². The molecule has 0 aromatic heterocycles. The van der Waals surface area contributed by atoms with Crippen LogP contribution in [0.5, 0.6) is 0 Å². The highest BCUT2D eigenvalue weighted by Gasteiger charge is 2.57. The number of hydrogen-bond acceptors (Lipinski definition) is 0. The second-order valence-electron chi connectivity index (χ2n) is 8.28. The topological polar surface area (TPSA) is 0 Å². The van der Waals surface area contributed by atoms with Crippen LogP contribution < -0.4 is 0 Å². The third kappa shape index (κ3) is 1.63. The summed E-state index contributed by atoms with van der Waals surface area (Å²) in [5.41, 5.74) is 0.847. The first-order valence-electron chi connectivity index (χ1n) is 7.80. The molecule has 1 saturated carbocycles. The van der Waals surface area contributed by atoms with E-state index >= 15 is 0 Å². The van der Waals surface area contributed by atoms with Crippen LogP contribution in [-0.2, 0) is 0 Å². The standard InChI is InChI=1S/C18H32/c1-11-9-10-12(2)16-14(4)18(7,8)17(5,6)13(3)15(11)16/h9-16H,1-8H3. The van der Waals surface area contributed by atoms with Gasteiger partial charge in [-0.2, -0.15) is 0 Å². The Morgan fingerprint density at radius 1 is 0.611 bits per heavy atom. The fraction of sp³-hybridized carbons (Fsp3) is 0.889. The van der Waals surface area contributed by atoms with Crippen molar-refractivity contribution in [3.8, 4) is 0 Å². The van der Waals surface area contributed by atoms with E-state index in [9.17, 15) is 0 Å². The zero-order chi connectivity index (χ0) is 13.9. The Labute approximate surface area is 114 Å². The largest absolute Gasteiger partial charge is 0.0851 e. The van der Waals surface area contributed by atoms with Crippen LogP contribution in [0.4, 0.5) is 0 Å². The monoisotopic (exact) mass is 248 g/mol. The second kappa shape index (κ2) is 4.12. The van der Waals surface area contributed by atoms with Crippen LogP contribution in [0.15, 0.2) is 12.2 Å². The van der Waals surface area contributed by atoms with Gasteiger partial charge in [-0.05, 0) is 46.3 Å². The lowest BCUT2D eigenvalue weighted by Crippen LogP contribution is -2.57. The van der Waals surface area contributed by atoms with Crippen LogP contribution in [0, 0.1) is 46.3 Å². The average molecular weight is 248 g/mol. The summed E-state index contributed by atoms with van der Waals surface area (Å²) in [5.74, 6) is 4.83. The lowest BCUT2D eigenvalue weighted by molar-refractivity contribution is -0.138. The van der Waals surface area contributed by atoms with Gasteiger partial charge in [0.15, 0.2) is 0 Å². The molecule has 0 aliphatic heterocycles. The van der Waals surface area contributed by atoms with E-state index in [0.29, 0.717) is 10.8 Å². The lowest BCUT2D eigenvalue weighted by atomic mass is 9.42. The van der Waals surface area contributed by atoms with Gasteiger partial charge in [0, 0.05) is 0 Å². The van der Waals surface area contributed by atoms with E-state index in [1.54, 1.807) is 0 Å². The molecule has 0 aromatic carbocycles. The highest BCUT2D eigenvalue weighted by atomic mass is 14.6. The van der Waals surface area contributed by atoms with Crippen molar-refractivity contribution in [2.75, 3.05) is 0 Å². The first-order chi connectivity index (χ1) is 8.12. The second-order valence-corrected chi connectivity index (χ2v) is 8.28. The molecule has 6 atom stereocenters. The SMILES string of the molecule is CC1C=CC(C)C2C1C(C)C(C)(C)C(C)(C)C2C. The van der Waals surface area contributed by atoms with Gasteiger partial charge in [0.25, 0.3) is 0 Å². The van der Waals surface area contributed by atoms with E-state index in [0.717, 1.165) is 35.5 Å². The molecular formula is C18H32. The molecule has 0 spiro atoms. The minimum atomic E-state index is 0.423. The molecule has 2 rings (SSSR count). The normalized spacial score (nSPS) is 49.8. The molecule has 0 N–H and O–H groups in total. The molecule has 0 radical (unpaired) electrons. The van der Waals surface area contributed by atoms with Crippen molar-refractivity contribution in [3.63, 3.8) is 0 Å². The third-order valence-electron chi connectivity index (χ3n) is 7.47. The summed E-state index contributed by atoms with van der Waals surface area (Å²) >= 11 is 0. The van der Waals surface area contributed by atoms with Gasteiger partial charge in [0.2, 0.25) is 0 Å². The van der Waals surface area contributed by atoms with E-state index in [1.165, 1.54) is 0 Å². The number of allylic oxidation sites excluding steroid dienone is 2. The molecule has 0 heterocycles. The van der Waals surface area contributed by atoms with Crippen LogP contribution in [0.2, 0.25) is 0 Å². The fourth-order valence-corrected chi connectivity index (χ4v) is 5.02. The van der Waals surface area contributed by atoms with Crippen molar-refractivity contribution in [2.45, 2.75) is 55.4 Å². The van der Waals surface area contributed by atoms with Crippen molar-refractivity contribution in [3.05, 3.63) is 12.2 Å². The highest BCUT2D eigenvalue weighted by Crippen LogP contribution is 2.63. The van der Waals surface area contributed by atoms with Gasteiger partial charge in [0.05, 0.1) is 0 Å². The lowest BCUT2D eigenvalue weighted by Gasteiger charge is -2.63. The molecular weight excluding hydrogens is 216 g/mol. The predicted octanol–water partition coefficient (Wildman–Crippen LogP) is 5.40. The number of fused-ring (bicyclic) bond motifs is 1. The zero-order valence-corrected chi connectivity index (χ0v) is 13.6. The first kappa shape index (κ1) is 14.2. The fourth-order valence-electron chi connectivity index (χ4n) is 5.02. The van der Waals surface area contributed by atoms with Crippen molar-refractivity contribution in [2.24, 2.45) is 46.3 Å². The van der Waals surface area contributed by atoms with Gasteiger partial charge in [-0.3, -0.25) is 0 Å². The van der Waals surface area contributed by atoms with Crippen LogP contribution in [0.3, 0.4) is 0 Å². The Hall–Kier alpha value is -0.260. The molecule has 2 aliphatic carbocycles. The van der Waals surface area contributed by atoms with Gasteiger partial charge < -0.3 is 0 Å². The molecule has 0 saturated heterocycles. The smallest absolute Gasteiger partial charge is 0.0228 e. The molecule has 0 bridgehead atoms. The van der Waals surface area contributed by atoms with Gasteiger partial charge in [-0.1, -0.05) is 67.5 Å². The van der Waals surface area contributed by atoms with Crippen LogP contribution in [-0.4, -0.2) is 0 Å². The van der Waals surface area contributed by atoms with Crippen molar-refractivity contribution >= 4 is 0 Å². The predicted molar refractivity (Wildman–Crippen MR) is 80.3 cm³/mol. The molecule has 0 heteroatoms. The van der Waals surface area contributed by atoms with E-state index in [2.05, 4.69) is 67.5 Å². The molecule has 104 valence electrons. The summed E-state index contributed by atoms with van der Waals surface area (Å²) in [4.78, 5) is 0. The maximum Gasteiger partial charge on any atom is -0.0228 e. The third-order valence-corrected chi connectivity index (χ3v) is 7.47. The van der Waals surface area contributed by atoms with Crippen LogP contribution in [0.25, 0.3) is 0 Å². The number of hydrogen-bond donors (Lipinski definition) is 0. The Balaban J connectivity index is 2.49. The summed E-state index contributed by atoms with van der Waals surface area (Å²) in [6, 6.07) is 0. The minimum absolute atomic E-state index is 0.423. The highest BCUT2D eigenvalue weighted by molar-refractivity contribution is 5.12. The van der Waals surface area contributed by atoms with E-state index in [-0.39, 0.29) is 0 Å². The van der Waals surface area contributed by atoms with Crippen molar-refractivity contribution < 1.29 is 0 Å². The Morgan fingerprint density at radius 2 is 0.889 bits per heavy atom. The van der Waals surface area contributed by atoms with Gasteiger partial charge in [-0.25, -0.2) is 0 Å². The molecule has 0 nitrogen and oxygen atoms in total. The zero-order valence-electron chi connectivity index (χ0n) is 13.6. The first-order valence-corrected chi connectivity index (χ1v) is 7.80. The Morgan fingerprint density at radius 3 is 1.17 bits per heavy atom. The van der Waals surface area contributed by atoms with Gasteiger partial charge in [-0.15, -0.1) is 0 Å². The Bertz CT molecular complexity index is 313. The molecule has 2 aliphatic rings. The van der Waals surface area contributed by atoms with Crippen LogP contribution >= 0.6 is 0 Å². The average Bonchev–Trinajstić information content (AvgIpc) is 2.28. The Kier molecular flexibility index (Phi) is 3.24. The maximum absolute atomic E-state index is 2.51. The quantitative estimate of drug-likeness (QED) is 0.504. The van der Waals surface area contributed by atoms with E-state index in [1.807, 2.05) is 0 Å². The number of rotatable bonds is 0. The summed E-state index contributed by atoms with van der Waals surface area (Å²) in [7, 11) is 0. The molecule has 0 amide bonds. The van der Waals surface area contributed by atoms with Gasteiger partial charge >= 0.3 is 0 Å². The van der Waals surface area contributed by atoms with Crippen molar-refractivity contribution in [1.29, 1.82) is 0 Å². The molecule has 0 aromatic rings. The van der Waals surface area contributed by atoms with E-state index in [4.69, 9.17) is 0 Å². The summed E-state index contributed by atoms with van der Waals surface area (Å²) < 4.78 is 0. The minimum Gasteiger partial charge on any atom is -0.0851 e. The summed E-state index contributed by atoms with van der Waals surface area (Å²) in [6.45, 7) is 19.9. The summed E-state index contributed by atoms with van der Waals surface area (Å²) in [5, 5.41) is 0. The van der Waals surface area contributed by atoms with E-state index < -0.39 is 0 Å². The molecule has 6 unspecified atom stereocenters. The summed E-state index contributed by atoms with van der Waals surface area (Å²) in [6.07, 6.45) is 4.95. The van der Waals surface area contributed by atoms with Crippen molar-refractivity contribution in [1.82, 2.24) is 0 Å². The molecule has 1 fully saturated rings. The maximum atomic E-state index is 2.51.